The van der Waals surface area contributed by atoms with Crippen molar-refractivity contribution in [3.05, 3.63) is 59.2 Å². The van der Waals surface area contributed by atoms with Crippen LogP contribution in [0, 0.1) is 12.8 Å². The average molecular weight is 364 g/mol. The Bertz CT molecular complexity index is 895. The van der Waals surface area contributed by atoms with Gasteiger partial charge in [0.2, 0.25) is 6.79 Å². The average Bonchev–Trinajstić information content (AvgIpc) is 3.09. The molecule has 0 unspecified atom stereocenters. The van der Waals surface area contributed by atoms with E-state index >= 15 is 0 Å². The van der Waals surface area contributed by atoms with Gasteiger partial charge in [0.15, 0.2) is 28.8 Å². The summed E-state index contributed by atoms with van der Waals surface area (Å²) in [5.41, 5.74) is 2.82. The number of fused-ring (bicyclic) bond motifs is 1. The first kappa shape index (κ1) is 17.5. The van der Waals surface area contributed by atoms with Gasteiger partial charge in [-0.05, 0) is 36.1 Å². The third-order valence-corrected chi connectivity index (χ3v) is 5.23. The maximum atomic E-state index is 12.7. The Morgan fingerprint density at radius 2 is 1.63 bits per heavy atom. The van der Waals surface area contributed by atoms with Crippen LogP contribution in [0.3, 0.4) is 0 Å². The number of benzene rings is 2. The van der Waals surface area contributed by atoms with Crippen LogP contribution < -0.4 is 9.47 Å². The fourth-order valence-electron chi connectivity index (χ4n) is 3.76. The standard InChI is InChI=1S/C22H20O5/c1-13-2-5-15(6-3-13)16-10-18(24)22(19(25)11-16)17(23)8-14-4-7-20-21(9-14)27-12-26-20/h2-7,9,16,22H,8,10-12H2,1H3. The number of ether oxygens (including phenoxy) is 2. The second-order valence-corrected chi connectivity index (χ2v) is 7.21. The SMILES string of the molecule is Cc1ccc(C2CC(=O)C(C(=O)Cc3ccc4c(c3)OCO4)C(=O)C2)cc1. The summed E-state index contributed by atoms with van der Waals surface area (Å²) >= 11 is 0. The zero-order valence-electron chi connectivity index (χ0n) is 15.1. The first-order valence-corrected chi connectivity index (χ1v) is 9.04. The highest BCUT2D eigenvalue weighted by Crippen LogP contribution is 2.35. The van der Waals surface area contributed by atoms with Gasteiger partial charge >= 0.3 is 0 Å². The summed E-state index contributed by atoms with van der Waals surface area (Å²) in [6, 6.07) is 13.1. The van der Waals surface area contributed by atoms with Gasteiger partial charge in [0.05, 0.1) is 0 Å². The predicted molar refractivity (Wildman–Crippen MR) is 97.9 cm³/mol. The van der Waals surface area contributed by atoms with E-state index in [4.69, 9.17) is 9.47 Å². The second kappa shape index (κ2) is 6.99. The van der Waals surface area contributed by atoms with Gasteiger partial charge in [0.25, 0.3) is 0 Å². The molecule has 1 aliphatic carbocycles. The van der Waals surface area contributed by atoms with Gasteiger partial charge in [0.1, 0.15) is 5.92 Å². The van der Waals surface area contributed by atoms with Gasteiger partial charge in [-0.1, -0.05) is 35.9 Å². The van der Waals surface area contributed by atoms with Crippen LogP contribution in [0.2, 0.25) is 0 Å². The Morgan fingerprint density at radius 3 is 2.33 bits per heavy atom. The van der Waals surface area contributed by atoms with Crippen molar-refractivity contribution in [2.75, 3.05) is 6.79 Å². The van der Waals surface area contributed by atoms with Crippen LogP contribution in [0.25, 0.3) is 0 Å². The van der Waals surface area contributed by atoms with Gasteiger partial charge < -0.3 is 9.47 Å². The van der Waals surface area contributed by atoms with E-state index < -0.39 is 5.92 Å². The maximum absolute atomic E-state index is 12.7. The lowest BCUT2D eigenvalue weighted by atomic mass is 9.74. The molecule has 0 aromatic heterocycles. The summed E-state index contributed by atoms with van der Waals surface area (Å²) in [6.45, 7) is 2.15. The molecule has 1 fully saturated rings. The van der Waals surface area contributed by atoms with E-state index in [2.05, 4.69) is 0 Å². The number of ketones is 3. The van der Waals surface area contributed by atoms with Crippen LogP contribution in [-0.2, 0) is 20.8 Å². The van der Waals surface area contributed by atoms with Crippen LogP contribution in [-0.4, -0.2) is 24.1 Å². The highest BCUT2D eigenvalue weighted by Gasteiger charge is 2.40. The molecule has 2 aromatic rings. The number of carbonyl (C=O) groups is 3. The van der Waals surface area contributed by atoms with Crippen LogP contribution in [0.15, 0.2) is 42.5 Å². The first-order valence-electron chi connectivity index (χ1n) is 9.04. The minimum Gasteiger partial charge on any atom is -0.454 e. The first-order chi connectivity index (χ1) is 13.0. The molecule has 0 N–H and O–H groups in total. The molecular formula is C22H20O5. The minimum atomic E-state index is -1.14. The summed E-state index contributed by atoms with van der Waals surface area (Å²) < 4.78 is 10.6. The predicted octanol–water partition coefficient (Wildman–Crippen LogP) is 3.17. The molecule has 5 heteroatoms. The summed E-state index contributed by atoms with van der Waals surface area (Å²) in [7, 11) is 0. The number of Topliss-reactive ketones (excluding diaryl/α,β-unsaturated/α-hetero) is 3. The van der Waals surface area contributed by atoms with E-state index in [1.807, 2.05) is 31.2 Å². The monoisotopic (exact) mass is 364 g/mol. The molecule has 0 spiro atoms. The van der Waals surface area contributed by atoms with Crippen molar-refractivity contribution in [1.29, 1.82) is 0 Å². The Kier molecular flexibility index (Phi) is 4.52. The molecule has 0 saturated heterocycles. The smallest absolute Gasteiger partial charge is 0.231 e. The lowest BCUT2D eigenvalue weighted by Crippen LogP contribution is -2.38. The maximum Gasteiger partial charge on any atom is 0.231 e. The fraction of sp³-hybridized carbons (Fsp3) is 0.318. The van der Waals surface area contributed by atoms with Crippen molar-refractivity contribution < 1.29 is 23.9 Å². The number of hydrogen-bond donors (Lipinski definition) is 0. The molecule has 0 radical (unpaired) electrons. The number of rotatable bonds is 4. The summed E-state index contributed by atoms with van der Waals surface area (Å²) in [6.07, 6.45) is 0.493. The lowest BCUT2D eigenvalue weighted by molar-refractivity contribution is -0.142. The van der Waals surface area contributed by atoms with Gasteiger partial charge in [-0.3, -0.25) is 14.4 Å². The second-order valence-electron chi connectivity index (χ2n) is 7.21. The molecule has 27 heavy (non-hydrogen) atoms. The molecule has 0 bridgehead atoms. The molecule has 4 rings (SSSR count). The summed E-state index contributed by atoms with van der Waals surface area (Å²) in [5, 5.41) is 0. The molecule has 1 aliphatic heterocycles. The highest BCUT2D eigenvalue weighted by molar-refractivity contribution is 6.21. The van der Waals surface area contributed by atoms with E-state index in [9.17, 15) is 14.4 Å². The Labute approximate surface area is 157 Å². The molecule has 1 saturated carbocycles. The van der Waals surface area contributed by atoms with E-state index in [-0.39, 0.29) is 49.3 Å². The fourth-order valence-corrected chi connectivity index (χ4v) is 3.76. The Morgan fingerprint density at radius 1 is 0.963 bits per heavy atom. The largest absolute Gasteiger partial charge is 0.454 e. The topological polar surface area (TPSA) is 69.7 Å². The van der Waals surface area contributed by atoms with Crippen molar-refractivity contribution in [3.63, 3.8) is 0 Å². The molecular weight excluding hydrogens is 344 g/mol. The molecule has 2 aliphatic rings. The van der Waals surface area contributed by atoms with Crippen molar-refractivity contribution in [2.45, 2.75) is 32.1 Å². The van der Waals surface area contributed by atoms with E-state index in [1.165, 1.54) is 0 Å². The van der Waals surface area contributed by atoms with Crippen LogP contribution >= 0.6 is 0 Å². The molecule has 0 atom stereocenters. The number of aryl methyl sites for hydroxylation is 1. The Balaban J connectivity index is 1.46. The van der Waals surface area contributed by atoms with Crippen molar-refractivity contribution in [2.24, 2.45) is 5.92 Å². The molecule has 1 heterocycles. The molecule has 0 amide bonds. The third-order valence-electron chi connectivity index (χ3n) is 5.23. The van der Waals surface area contributed by atoms with E-state index in [1.54, 1.807) is 18.2 Å². The molecule has 2 aromatic carbocycles. The number of hydrogen-bond acceptors (Lipinski definition) is 5. The van der Waals surface area contributed by atoms with Crippen molar-refractivity contribution in [1.82, 2.24) is 0 Å². The van der Waals surface area contributed by atoms with E-state index in [0.29, 0.717) is 17.1 Å². The van der Waals surface area contributed by atoms with Gasteiger partial charge in [-0.2, -0.15) is 0 Å². The quantitative estimate of drug-likeness (QED) is 0.780. The van der Waals surface area contributed by atoms with E-state index in [0.717, 1.165) is 11.1 Å². The minimum absolute atomic E-state index is 0.0357. The zero-order valence-corrected chi connectivity index (χ0v) is 15.1. The van der Waals surface area contributed by atoms with Gasteiger partial charge in [-0.15, -0.1) is 0 Å². The highest BCUT2D eigenvalue weighted by atomic mass is 16.7. The van der Waals surface area contributed by atoms with Crippen LogP contribution in [0.1, 0.15) is 35.4 Å². The Hall–Kier alpha value is -2.95. The third kappa shape index (κ3) is 3.50. The zero-order chi connectivity index (χ0) is 19.0. The van der Waals surface area contributed by atoms with Gasteiger partial charge in [-0.25, -0.2) is 0 Å². The lowest BCUT2D eigenvalue weighted by Gasteiger charge is -2.26. The van der Waals surface area contributed by atoms with Crippen LogP contribution in [0.4, 0.5) is 0 Å². The van der Waals surface area contributed by atoms with Crippen LogP contribution in [0.5, 0.6) is 11.5 Å². The normalized spacial score (nSPS) is 21.4. The summed E-state index contributed by atoms with van der Waals surface area (Å²) in [5.74, 6) is -0.952. The summed E-state index contributed by atoms with van der Waals surface area (Å²) in [4.78, 5) is 37.8. The molecule has 138 valence electrons. The molecule has 5 nitrogen and oxygen atoms in total. The van der Waals surface area contributed by atoms with Crippen molar-refractivity contribution in [3.8, 4) is 11.5 Å². The van der Waals surface area contributed by atoms with Crippen molar-refractivity contribution >= 4 is 17.3 Å². The number of carbonyl (C=O) groups excluding carboxylic acids is 3. The van der Waals surface area contributed by atoms with Gasteiger partial charge in [0, 0.05) is 19.3 Å².